The number of aromatic nitrogens is 1. The Bertz CT molecular complexity index is 299. The Morgan fingerprint density at radius 1 is 1.62 bits per heavy atom. The van der Waals surface area contributed by atoms with Crippen LogP contribution >= 0.6 is 15.9 Å². The molecule has 0 saturated carbocycles. The molecule has 1 aromatic rings. The predicted molar refractivity (Wildman–Crippen MR) is 49.8 cm³/mol. The van der Waals surface area contributed by atoms with Crippen molar-refractivity contribution in [2.45, 2.75) is 17.4 Å². The van der Waals surface area contributed by atoms with Gasteiger partial charge in [0.05, 0.1) is 6.20 Å². The lowest BCUT2D eigenvalue weighted by atomic mass is 10.1. The Kier molecular flexibility index (Phi) is 2.37. The normalized spacial score (nSPS) is 26.2. The lowest BCUT2D eigenvalue weighted by Crippen LogP contribution is -2.22. The van der Waals surface area contributed by atoms with Crippen LogP contribution in [0.1, 0.15) is 12.2 Å². The maximum absolute atomic E-state index is 5.23. The summed E-state index contributed by atoms with van der Waals surface area (Å²) in [6.45, 7) is 0. The summed E-state index contributed by atoms with van der Waals surface area (Å²) in [6.07, 6.45) is 6.90. The Morgan fingerprint density at radius 2 is 2.54 bits per heavy atom. The monoisotopic (exact) mass is 244 g/mol. The molecule has 4 nitrogen and oxygen atoms in total. The van der Waals surface area contributed by atoms with Crippen molar-refractivity contribution in [3.05, 3.63) is 30.3 Å². The minimum atomic E-state index is -0.403. The van der Waals surface area contributed by atoms with Crippen LogP contribution in [0, 0.1) is 0 Å². The summed E-state index contributed by atoms with van der Waals surface area (Å²) in [6, 6.07) is 1.85. The van der Waals surface area contributed by atoms with E-state index in [-0.39, 0.29) is 0 Å². The molecule has 0 fully saturated rings. The van der Waals surface area contributed by atoms with Gasteiger partial charge in [0.15, 0.2) is 4.51 Å². The van der Waals surface area contributed by atoms with Crippen LogP contribution in [0.3, 0.4) is 0 Å². The van der Waals surface area contributed by atoms with Gasteiger partial charge in [-0.2, -0.15) is 0 Å². The van der Waals surface area contributed by atoms with Crippen molar-refractivity contribution in [3.63, 3.8) is 0 Å². The van der Waals surface area contributed by atoms with Crippen LogP contribution in [0.4, 0.5) is 0 Å². The molecule has 1 unspecified atom stereocenters. The van der Waals surface area contributed by atoms with Gasteiger partial charge in [-0.05, 0) is 28.4 Å². The fraction of sp³-hybridized carbons (Fsp3) is 0.375. The van der Waals surface area contributed by atoms with E-state index >= 15 is 0 Å². The number of nitrogens with one attached hydrogen (secondary N) is 1. The lowest BCUT2D eigenvalue weighted by molar-refractivity contribution is 0.0237. The minimum Gasteiger partial charge on any atom is -0.361 e. The van der Waals surface area contributed by atoms with Gasteiger partial charge in [-0.3, -0.25) is 10.3 Å². The number of aryl methyl sites for hydroxylation is 1. The molecule has 2 heterocycles. The van der Waals surface area contributed by atoms with Crippen LogP contribution in [0.2, 0.25) is 0 Å². The summed E-state index contributed by atoms with van der Waals surface area (Å²) >= 11 is 3.46. The first-order valence-corrected chi connectivity index (χ1v) is 4.77. The molecule has 0 aliphatic carbocycles. The van der Waals surface area contributed by atoms with Crippen LogP contribution in [0.15, 0.2) is 29.1 Å². The molecule has 0 bridgehead atoms. The molecular weight excluding hydrogens is 236 g/mol. The molecule has 0 saturated heterocycles. The number of hydrogen-bond donors (Lipinski definition) is 1. The van der Waals surface area contributed by atoms with Gasteiger partial charge in [-0.1, -0.05) is 5.16 Å². The van der Waals surface area contributed by atoms with Crippen LogP contribution in [-0.4, -0.2) is 9.67 Å². The first kappa shape index (κ1) is 8.77. The van der Waals surface area contributed by atoms with Crippen molar-refractivity contribution < 1.29 is 9.36 Å². The largest absolute Gasteiger partial charge is 0.361 e. The van der Waals surface area contributed by atoms with E-state index < -0.39 is 4.51 Å². The van der Waals surface area contributed by atoms with Gasteiger partial charge in [-0.15, -0.1) is 0 Å². The van der Waals surface area contributed by atoms with Crippen LogP contribution in [0.5, 0.6) is 0 Å². The third kappa shape index (κ3) is 2.10. The summed E-state index contributed by atoms with van der Waals surface area (Å²) in [5.41, 5.74) is 2.67. The molecule has 5 heteroatoms. The zero-order chi connectivity index (χ0) is 9.15. The highest BCUT2D eigenvalue weighted by Gasteiger charge is 2.28. The average molecular weight is 245 g/mol. The second-order valence-corrected chi connectivity index (χ2v) is 4.16. The van der Waals surface area contributed by atoms with E-state index in [1.165, 1.54) is 0 Å². The average Bonchev–Trinajstić information content (AvgIpc) is 2.72. The number of rotatable bonds is 3. The molecule has 0 amide bonds. The maximum atomic E-state index is 5.23. The van der Waals surface area contributed by atoms with Gasteiger partial charge >= 0.3 is 0 Å². The molecule has 0 radical (unpaired) electrons. The third-order valence-corrected chi connectivity index (χ3v) is 2.66. The van der Waals surface area contributed by atoms with Crippen molar-refractivity contribution in [2.75, 3.05) is 0 Å². The number of hydrogen-bond acceptors (Lipinski definition) is 4. The molecular formula is C8H9BrN2O2. The van der Waals surface area contributed by atoms with Crippen LogP contribution in [-0.2, 0) is 11.3 Å². The molecule has 1 N–H and O–H groups in total. The standard InChI is InChI=1S/C8H9BrN2O2/c9-8(4-6-11-13-8)3-1-7-2-5-10-12-7/h2,4-6,11H,1,3H2. The van der Waals surface area contributed by atoms with Gasteiger partial charge in [0.2, 0.25) is 0 Å². The van der Waals surface area contributed by atoms with E-state index in [0.717, 1.165) is 18.6 Å². The molecule has 1 aliphatic rings. The van der Waals surface area contributed by atoms with Crippen molar-refractivity contribution in [3.8, 4) is 0 Å². The van der Waals surface area contributed by atoms with Gasteiger partial charge in [0.25, 0.3) is 0 Å². The number of hydroxylamine groups is 1. The molecule has 1 aromatic heterocycles. The Labute approximate surface area is 84.0 Å². The van der Waals surface area contributed by atoms with Crippen LogP contribution in [0.25, 0.3) is 0 Å². The number of alkyl halides is 1. The maximum Gasteiger partial charge on any atom is 0.170 e. The summed E-state index contributed by atoms with van der Waals surface area (Å²) in [4.78, 5) is 5.23. The lowest BCUT2D eigenvalue weighted by Gasteiger charge is -2.16. The van der Waals surface area contributed by atoms with E-state index in [1.807, 2.05) is 12.1 Å². The Morgan fingerprint density at radius 3 is 3.15 bits per heavy atom. The van der Waals surface area contributed by atoms with Crippen molar-refractivity contribution >= 4 is 15.9 Å². The summed E-state index contributed by atoms with van der Waals surface area (Å²) in [5.74, 6) is 0.864. The molecule has 1 atom stereocenters. The second-order valence-electron chi connectivity index (χ2n) is 2.82. The van der Waals surface area contributed by atoms with Crippen molar-refractivity contribution in [1.82, 2.24) is 10.6 Å². The van der Waals surface area contributed by atoms with E-state index in [1.54, 1.807) is 12.4 Å². The highest BCUT2D eigenvalue weighted by Crippen LogP contribution is 2.29. The predicted octanol–water partition coefficient (Wildman–Crippen LogP) is 1.75. The molecule has 13 heavy (non-hydrogen) atoms. The zero-order valence-electron chi connectivity index (χ0n) is 6.87. The van der Waals surface area contributed by atoms with Gasteiger partial charge in [-0.25, -0.2) is 0 Å². The molecule has 1 aliphatic heterocycles. The van der Waals surface area contributed by atoms with E-state index in [4.69, 9.17) is 9.36 Å². The van der Waals surface area contributed by atoms with E-state index in [2.05, 4.69) is 26.6 Å². The Balaban J connectivity index is 1.89. The molecule has 70 valence electrons. The minimum absolute atomic E-state index is 0.403. The molecule has 2 rings (SSSR count). The van der Waals surface area contributed by atoms with E-state index in [0.29, 0.717) is 0 Å². The highest BCUT2D eigenvalue weighted by molar-refractivity contribution is 9.10. The van der Waals surface area contributed by atoms with Gasteiger partial charge in [0.1, 0.15) is 5.76 Å². The van der Waals surface area contributed by atoms with Crippen molar-refractivity contribution in [2.24, 2.45) is 0 Å². The quantitative estimate of drug-likeness (QED) is 0.824. The summed E-state index contributed by atoms with van der Waals surface area (Å²) < 4.78 is 4.56. The fourth-order valence-corrected chi connectivity index (χ4v) is 1.55. The number of nitrogens with zero attached hydrogens (tertiary/aromatic N) is 1. The second kappa shape index (κ2) is 3.51. The SMILES string of the molecule is BrC1(CCc2ccno2)C=CNO1. The third-order valence-electron chi connectivity index (χ3n) is 1.83. The summed E-state index contributed by atoms with van der Waals surface area (Å²) in [7, 11) is 0. The molecule has 0 aromatic carbocycles. The first-order valence-electron chi connectivity index (χ1n) is 3.98. The fourth-order valence-electron chi connectivity index (χ4n) is 1.12. The van der Waals surface area contributed by atoms with Crippen molar-refractivity contribution in [1.29, 1.82) is 0 Å². The first-order chi connectivity index (χ1) is 6.29. The Hall–Kier alpha value is -0.810. The number of halogens is 1. The molecule has 0 spiro atoms. The summed E-state index contributed by atoms with van der Waals surface area (Å²) in [5, 5.41) is 3.63. The van der Waals surface area contributed by atoms with Gasteiger partial charge in [0, 0.05) is 18.7 Å². The van der Waals surface area contributed by atoms with E-state index in [9.17, 15) is 0 Å². The topological polar surface area (TPSA) is 47.3 Å². The smallest absolute Gasteiger partial charge is 0.170 e. The van der Waals surface area contributed by atoms with Gasteiger partial charge < -0.3 is 4.52 Å². The zero-order valence-corrected chi connectivity index (χ0v) is 8.45. The van der Waals surface area contributed by atoms with Crippen LogP contribution < -0.4 is 5.48 Å². The highest BCUT2D eigenvalue weighted by atomic mass is 79.9.